The number of fused-ring (bicyclic) bond motifs is 2. The van der Waals surface area contributed by atoms with E-state index in [0.717, 1.165) is 31.2 Å². The third-order valence-corrected chi connectivity index (χ3v) is 8.24. The summed E-state index contributed by atoms with van der Waals surface area (Å²) in [5, 5.41) is 2.00. The highest BCUT2D eigenvalue weighted by molar-refractivity contribution is 7.98. The molecule has 176 valence electrons. The van der Waals surface area contributed by atoms with E-state index in [1.807, 2.05) is 35.8 Å². The van der Waals surface area contributed by atoms with Crippen LogP contribution in [0.5, 0.6) is 0 Å². The Labute approximate surface area is 204 Å². The van der Waals surface area contributed by atoms with Gasteiger partial charge in [-0.3, -0.25) is 9.36 Å². The maximum atomic E-state index is 13.4. The molecule has 0 unspecified atom stereocenters. The molecule has 8 nitrogen and oxygen atoms in total. The van der Waals surface area contributed by atoms with Gasteiger partial charge in [0.25, 0.3) is 5.56 Å². The van der Waals surface area contributed by atoms with Crippen LogP contribution in [-0.2, 0) is 10.5 Å². The fourth-order valence-corrected chi connectivity index (χ4v) is 6.54. The van der Waals surface area contributed by atoms with Crippen molar-refractivity contribution in [1.82, 2.24) is 19.5 Å². The van der Waals surface area contributed by atoms with Gasteiger partial charge in [0, 0.05) is 6.04 Å². The second kappa shape index (κ2) is 9.34. The van der Waals surface area contributed by atoms with E-state index in [9.17, 15) is 9.59 Å². The van der Waals surface area contributed by atoms with Gasteiger partial charge in [0.2, 0.25) is 0 Å². The molecule has 1 saturated carbocycles. The number of hydrogen-bond acceptors (Lipinski definition) is 9. The molecular weight excluding hydrogens is 470 g/mol. The summed E-state index contributed by atoms with van der Waals surface area (Å²) in [6, 6.07) is 7.62. The molecule has 2 N–H and O–H groups in total. The second-order valence-corrected chi connectivity index (χ2v) is 10.2. The highest BCUT2D eigenvalue weighted by Crippen LogP contribution is 2.35. The molecule has 34 heavy (non-hydrogen) atoms. The molecule has 0 aliphatic heterocycles. The lowest BCUT2D eigenvalue weighted by atomic mass is 10.2. The third kappa shape index (κ3) is 4.05. The Kier molecular flexibility index (Phi) is 6.26. The first-order valence-corrected chi connectivity index (χ1v) is 13.1. The maximum absolute atomic E-state index is 13.4. The van der Waals surface area contributed by atoms with Gasteiger partial charge >= 0.3 is 5.97 Å². The van der Waals surface area contributed by atoms with Gasteiger partial charge < -0.3 is 10.5 Å². The van der Waals surface area contributed by atoms with Crippen LogP contribution in [0.25, 0.3) is 21.1 Å². The van der Waals surface area contributed by atoms with E-state index >= 15 is 0 Å². The molecule has 0 radical (unpaired) electrons. The van der Waals surface area contributed by atoms with Crippen LogP contribution < -0.4 is 11.3 Å². The number of carbonyl (C=O) groups is 1. The Bertz CT molecular complexity index is 1460. The fraction of sp³-hybridized carbons (Fsp3) is 0.375. The van der Waals surface area contributed by atoms with Gasteiger partial charge in [-0.05, 0) is 44.4 Å². The van der Waals surface area contributed by atoms with E-state index < -0.39 is 0 Å². The van der Waals surface area contributed by atoms with Crippen LogP contribution in [0.2, 0.25) is 0 Å². The SMILES string of the molecule is CCOC(=O)c1sc2nc(CSc3nc4ccccc4c(=O)n3C3CCCC3)nc(N)c2c1C. The van der Waals surface area contributed by atoms with E-state index in [-0.39, 0.29) is 17.6 Å². The van der Waals surface area contributed by atoms with Crippen molar-refractivity contribution < 1.29 is 9.53 Å². The minimum Gasteiger partial charge on any atom is -0.462 e. The predicted octanol–water partition coefficient (Wildman–Crippen LogP) is 4.88. The summed E-state index contributed by atoms with van der Waals surface area (Å²) < 4.78 is 7.02. The number of aromatic nitrogens is 4. The molecule has 1 fully saturated rings. The number of ether oxygens (including phenoxy) is 1. The first kappa shape index (κ1) is 22.8. The predicted molar refractivity (Wildman–Crippen MR) is 136 cm³/mol. The van der Waals surface area contributed by atoms with Crippen molar-refractivity contribution >= 4 is 56.0 Å². The van der Waals surface area contributed by atoms with Crippen LogP contribution in [0.3, 0.4) is 0 Å². The quantitative estimate of drug-likeness (QED) is 0.229. The average Bonchev–Trinajstić information content (AvgIpc) is 3.46. The van der Waals surface area contributed by atoms with E-state index in [1.165, 1.54) is 23.1 Å². The van der Waals surface area contributed by atoms with Gasteiger partial charge in [-0.15, -0.1) is 11.3 Å². The number of para-hydroxylation sites is 1. The van der Waals surface area contributed by atoms with Crippen LogP contribution in [-0.4, -0.2) is 32.1 Å². The van der Waals surface area contributed by atoms with Gasteiger partial charge in [-0.1, -0.05) is 36.7 Å². The molecule has 0 spiro atoms. The normalized spacial score (nSPS) is 14.3. The number of nitrogens with zero attached hydrogens (tertiary/aromatic N) is 4. The number of nitrogen functional groups attached to an aromatic ring is 1. The van der Waals surface area contributed by atoms with Crippen molar-refractivity contribution in [3.63, 3.8) is 0 Å². The number of thioether (sulfide) groups is 1. The number of benzene rings is 1. The molecule has 10 heteroatoms. The molecular formula is C24H25N5O3S2. The molecule has 1 aliphatic carbocycles. The average molecular weight is 496 g/mol. The van der Waals surface area contributed by atoms with E-state index in [1.54, 1.807) is 6.92 Å². The number of nitrogens with two attached hydrogens (primary N) is 1. The van der Waals surface area contributed by atoms with Crippen LogP contribution in [0.1, 0.15) is 59.7 Å². The number of aryl methyl sites for hydroxylation is 1. The zero-order valence-corrected chi connectivity index (χ0v) is 20.7. The lowest BCUT2D eigenvalue weighted by molar-refractivity contribution is 0.0531. The van der Waals surface area contributed by atoms with Gasteiger partial charge in [-0.2, -0.15) is 0 Å². The zero-order chi connectivity index (χ0) is 23.8. The molecule has 0 bridgehead atoms. The minimum absolute atomic E-state index is 0.00356. The summed E-state index contributed by atoms with van der Waals surface area (Å²) in [5.74, 6) is 0.902. The Morgan fingerprint density at radius 2 is 2.00 bits per heavy atom. The lowest BCUT2D eigenvalue weighted by Gasteiger charge is -2.18. The number of rotatable bonds is 6. The molecule has 5 rings (SSSR count). The summed E-state index contributed by atoms with van der Waals surface area (Å²) >= 11 is 2.71. The molecule has 1 aromatic carbocycles. The van der Waals surface area contributed by atoms with Crippen molar-refractivity contribution in [2.24, 2.45) is 0 Å². The molecule has 0 amide bonds. The van der Waals surface area contributed by atoms with Crippen molar-refractivity contribution in [1.29, 1.82) is 0 Å². The maximum Gasteiger partial charge on any atom is 0.348 e. The van der Waals surface area contributed by atoms with Gasteiger partial charge in [0.05, 0.1) is 28.6 Å². The lowest BCUT2D eigenvalue weighted by Crippen LogP contribution is -2.26. The third-order valence-electron chi connectivity index (χ3n) is 6.12. The number of carbonyl (C=O) groups excluding carboxylic acids is 1. The Balaban J connectivity index is 1.50. The Morgan fingerprint density at radius 1 is 1.24 bits per heavy atom. The summed E-state index contributed by atoms with van der Waals surface area (Å²) in [6.07, 6.45) is 4.19. The van der Waals surface area contributed by atoms with E-state index in [0.29, 0.717) is 55.2 Å². The fourth-order valence-electron chi connectivity index (χ4n) is 4.51. The topological polar surface area (TPSA) is 113 Å². The highest BCUT2D eigenvalue weighted by Gasteiger charge is 2.24. The Morgan fingerprint density at radius 3 is 2.76 bits per heavy atom. The summed E-state index contributed by atoms with van der Waals surface area (Å²) in [6.45, 7) is 3.91. The first-order chi connectivity index (χ1) is 16.5. The largest absolute Gasteiger partial charge is 0.462 e. The molecule has 3 aromatic heterocycles. The highest BCUT2D eigenvalue weighted by atomic mass is 32.2. The van der Waals surface area contributed by atoms with Crippen molar-refractivity contribution in [3.05, 3.63) is 50.9 Å². The summed E-state index contributed by atoms with van der Waals surface area (Å²) in [7, 11) is 0. The van der Waals surface area contributed by atoms with Crippen LogP contribution >= 0.6 is 23.1 Å². The van der Waals surface area contributed by atoms with Crippen LogP contribution in [0.15, 0.2) is 34.2 Å². The van der Waals surface area contributed by atoms with Crippen molar-refractivity contribution in [3.8, 4) is 0 Å². The zero-order valence-electron chi connectivity index (χ0n) is 19.0. The smallest absolute Gasteiger partial charge is 0.348 e. The standard InChI is InChI=1S/C24H25N5O3S2/c1-3-32-23(31)19-13(2)18-20(25)27-17(28-21(18)34-19)12-33-24-26-16-11-7-6-10-15(16)22(30)29(24)14-8-4-5-9-14/h6-7,10-11,14H,3-5,8-9,12H2,1-2H3,(H2,25,27,28). The summed E-state index contributed by atoms with van der Waals surface area (Å²) in [4.78, 5) is 40.8. The number of hydrogen-bond donors (Lipinski definition) is 1. The van der Waals surface area contributed by atoms with E-state index in [2.05, 4.69) is 9.97 Å². The van der Waals surface area contributed by atoms with Crippen molar-refractivity contribution in [2.45, 2.75) is 56.5 Å². The second-order valence-electron chi connectivity index (χ2n) is 8.30. The number of esters is 1. The Hall–Kier alpha value is -2.98. The molecule has 0 atom stereocenters. The monoisotopic (exact) mass is 495 g/mol. The van der Waals surface area contributed by atoms with Gasteiger partial charge in [0.15, 0.2) is 5.16 Å². The van der Waals surface area contributed by atoms with Gasteiger partial charge in [-0.25, -0.2) is 19.7 Å². The molecule has 4 aromatic rings. The van der Waals surface area contributed by atoms with Crippen molar-refractivity contribution in [2.75, 3.05) is 12.3 Å². The number of thiophene rings is 1. The molecule has 3 heterocycles. The molecule has 1 aliphatic rings. The van der Waals surface area contributed by atoms with Gasteiger partial charge in [0.1, 0.15) is 21.3 Å². The first-order valence-electron chi connectivity index (χ1n) is 11.3. The number of anilines is 1. The minimum atomic E-state index is -0.376. The summed E-state index contributed by atoms with van der Waals surface area (Å²) in [5.41, 5.74) is 7.69. The van der Waals surface area contributed by atoms with Crippen LogP contribution in [0, 0.1) is 6.92 Å². The van der Waals surface area contributed by atoms with E-state index in [4.69, 9.17) is 15.5 Å². The van der Waals surface area contributed by atoms with Crippen LogP contribution in [0.4, 0.5) is 5.82 Å². The molecule has 0 saturated heterocycles.